The van der Waals surface area contributed by atoms with Gasteiger partial charge in [0.2, 0.25) is 0 Å². The normalized spacial score (nSPS) is 11.9. The van der Waals surface area contributed by atoms with Crippen LogP contribution in [0.3, 0.4) is 0 Å². The Bertz CT molecular complexity index is 454. The molecule has 18 heavy (non-hydrogen) atoms. The third-order valence-electron chi connectivity index (χ3n) is 2.72. The predicted molar refractivity (Wildman–Crippen MR) is 67.0 cm³/mol. The molecular weight excluding hydrogens is 230 g/mol. The lowest BCUT2D eigenvalue weighted by Crippen LogP contribution is -2.31. The summed E-state index contributed by atoms with van der Waals surface area (Å²) in [6, 6.07) is 7.47. The maximum atomic E-state index is 11.3. The number of hydrogen-bond acceptors (Lipinski definition) is 5. The number of aromatic nitrogens is 1. The molecule has 6 nitrogen and oxygen atoms in total. The van der Waals surface area contributed by atoms with E-state index in [0.717, 1.165) is 5.69 Å². The number of amides is 1. The Morgan fingerprint density at radius 2 is 2.39 bits per heavy atom. The van der Waals surface area contributed by atoms with Gasteiger partial charge in [0.1, 0.15) is 5.69 Å². The van der Waals surface area contributed by atoms with Crippen molar-refractivity contribution in [1.82, 2.24) is 15.3 Å². The van der Waals surface area contributed by atoms with Crippen molar-refractivity contribution in [3.63, 3.8) is 0 Å². The minimum atomic E-state index is -0.412. The molecule has 3 N–H and O–H groups in total. The number of carbonyl (C=O) groups is 1. The largest absolute Gasteiger partial charge is 0.297 e. The monoisotopic (exact) mass is 247 g/mol. The number of hydrazine groups is 1. The van der Waals surface area contributed by atoms with Crippen LogP contribution in [0.25, 0.3) is 0 Å². The molecule has 0 aliphatic rings. The Labute approximate surface area is 106 Å². The van der Waals surface area contributed by atoms with E-state index in [1.807, 2.05) is 30.4 Å². The van der Waals surface area contributed by atoms with Gasteiger partial charge in [-0.3, -0.25) is 15.1 Å². The van der Waals surface area contributed by atoms with Gasteiger partial charge in [0.25, 0.3) is 5.91 Å². The van der Waals surface area contributed by atoms with Crippen LogP contribution in [0.2, 0.25) is 0 Å². The lowest BCUT2D eigenvalue weighted by molar-refractivity contribution is 0.0948. The number of nitrogens with one attached hydrogen (secondary N) is 1. The second kappa shape index (κ2) is 6.69. The van der Waals surface area contributed by atoms with Crippen molar-refractivity contribution in [1.29, 1.82) is 5.26 Å². The molecule has 0 bridgehead atoms. The fourth-order valence-electron chi connectivity index (χ4n) is 1.47. The van der Waals surface area contributed by atoms with Gasteiger partial charge in [-0.05, 0) is 26.1 Å². The number of nitriles is 1. The summed E-state index contributed by atoms with van der Waals surface area (Å²) >= 11 is 0. The predicted octanol–water partition coefficient (Wildman–Crippen LogP) is 0.419. The van der Waals surface area contributed by atoms with Gasteiger partial charge in [-0.15, -0.1) is 0 Å². The van der Waals surface area contributed by atoms with Crippen LogP contribution in [-0.4, -0.2) is 28.9 Å². The molecule has 6 heteroatoms. The molecule has 1 unspecified atom stereocenters. The first kappa shape index (κ1) is 14.1. The average Bonchev–Trinajstić information content (AvgIpc) is 2.38. The van der Waals surface area contributed by atoms with Crippen molar-refractivity contribution >= 4 is 5.91 Å². The number of nitrogen functional groups attached to an aromatic ring is 1. The topological polar surface area (TPSA) is 95.0 Å². The SMILES string of the molecule is CC(CC#N)N(C)Cc1cccc(C(=O)NN)n1. The molecule has 1 rings (SSSR count). The van der Waals surface area contributed by atoms with E-state index in [1.165, 1.54) is 0 Å². The van der Waals surface area contributed by atoms with Crippen LogP contribution >= 0.6 is 0 Å². The van der Waals surface area contributed by atoms with Crippen molar-refractivity contribution in [2.45, 2.75) is 25.9 Å². The zero-order chi connectivity index (χ0) is 13.5. The van der Waals surface area contributed by atoms with Gasteiger partial charge < -0.3 is 0 Å². The second-order valence-corrected chi connectivity index (χ2v) is 4.11. The first-order valence-electron chi connectivity index (χ1n) is 5.62. The second-order valence-electron chi connectivity index (χ2n) is 4.11. The van der Waals surface area contributed by atoms with Gasteiger partial charge >= 0.3 is 0 Å². The number of nitrogens with zero attached hydrogens (tertiary/aromatic N) is 3. The van der Waals surface area contributed by atoms with Crippen LogP contribution < -0.4 is 11.3 Å². The van der Waals surface area contributed by atoms with Gasteiger partial charge in [0, 0.05) is 12.6 Å². The summed E-state index contributed by atoms with van der Waals surface area (Å²) in [4.78, 5) is 17.6. The van der Waals surface area contributed by atoms with Gasteiger partial charge in [0.05, 0.1) is 18.2 Å². The average molecular weight is 247 g/mol. The lowest BCUT2D eigenvalue weighted by atomic mass is 10.2. The Kier molecular flexibility index (Phi) is 5.24. The third kappa shape index (κ3) is 3.80. The van der Waals surface area contributed by atoms with E-state index in [2.05, 4.69) is 11.1 Å². The molecular formula is C12H17N5O. The molecule has 1 atom stereocenters. The van der Waals surface area contributed by atoms with Crippen LogP contribution in [0.1, 0.15) is 29.5 Å². The van der Waals surface area contributed by atoms with Crippen LogP contribution in [0, 0.1) is 11.3 Å². The minimum absolute atomic E-state index is 0.142. The molecule has 1 aromatic rings. The van der Waals surface area contributed by atoms with Crippen molar-refractivity contribution in [3.05, 3.63) is 29.6 Å². The Balaban J connectivity index is 2.73. The zero-order valence-corrected chi connectivity index (χ0v) is 10.6. The molecule has 1 amide bonds. The van der Waals surface area contributed by atoms with Crippen molar-refractivity contribution < 1.29 is 4.79 Å². The summed E-state index contributed by atoms with van der Waals surface area (Å²) in [6.45, 7) is 2.55. The first-order valence-corrected chi connectivity index (χ1v) is 5.62. The lowest BCUT2D eigenvalue weighted by Gasteiger charge is -2.22. The highest BCUT2D eigenvalue weighted by atomic mass is 16.2. The number of pyridine rings is 1. The maximum Gasteiger partial charge on any atom is 0.283 e. The smallest absolute Gasteiger partial charge is 0.283 e. The molecule has 0 aromatic carbocycles. The van der Waals surface area contributed by atoms with E-state index in [1.54, 1.807) is 12.1 Å². The van der Waals surface area contributed by atoms with Crippen molar-refractivity contribution in [3.8, 4) is 6.07 Å². The van der Waals surface area contributed by atoms with Crippen LogP contribution in [0.15, 0.2) is 18.2 Å². The molecule has 0 aliphatic carbocycles. The fourth-order valence-corrected chi connectivity index (χ4v) is 1.47. The quantitative estimate of drug-likeness (QED) is 0.446. The summed E-state index contributed by atoms with van der Waals surface area (Å²) in [5.74, 6) is 4.64. The summed E-state index contributed by atoms with van der Waals surface area (Å²) in [5, 5.41) is 8.64. The Morgan fingerprint density at radius 3 is 3.00 bits per heavy atom. The van der Waals surface area contributed by atoms with Crippen LogP contribution in [0.5, 0.6) is 0 Å². The molecule has 0 fully saturated rings. The molecule has 0 saturated heterocycles. The third-order valence-corrected chi connectivity index (χ3v) is 2.72. The van der Waals surface area contributed by atoms with Crippen molar-refractivity contribution in [2.24, 2.45) is 5.84 Å². The fraction of sp³-hybridized carbons (Fsp3) is 0.417. The molecule has 1 heterocycles. The molecule has 1 aromatic heterocycles. The number of rotatable bonds is 5. The molecule has 0 spiro atoms. The highest BCUT2D eigenvalue weighted by molar-refractivity contribution is 5.91. The van der Waals surface area contributed by atoms with E-state index in [4.69, 9.17) is 11.1 Å². The number of hydrogen-bond donors (Lipinski definition) is 2. The first-order chi connectivity index (χ1) is 8.58. The van der Waals surface area contributed by atoms with Gasteiger partial charge in [-0.25, -0.2) is 10.8 Å². The van der Waals surface area contributed by atoms with E-state index in [9.17, 15) is 4.79 Å². The minimum Gasteiger partial charge on any atom is -0.297 e. The van der Waals surface area contributed by atoms with Gasteiger partial charge in [-0.1, -0.05) is 6.07 Å². The van der Waals surface area contributed by atoms with Gasteiger partial charge in [-0.2, -0.15) is 5.26 Å². The van der Waals surface area contributed by atoms with E-state index >= 15 is 0 Å². The summed E-state index contributed by atoms with van der Waals surface area (Å²) in [5.41, 5.74) is 3.10. The molecule has 0 saturated carbocycles. The number of nitrogens with two attached hydrogens (primary N) is 1. The summed E-state index contributed by atoms with van der Waals surface area (Å²) < 4.78 is 0. The standard InChI is InChI=1S/C12H17N5O/c1-9(6-7-13)17(2)8-10-4-3-5-11(15-10)12(18)16-14/h3-5,9H,6,8,14H2,1-2H3,(H,16,18). The van der Waals surface area contributed by atoms with Crippen molar-refractivity contribution in [2.75, 3.05) is 7.05 Å². The summed E-state index contributed by atoms with van der Waals surface area (Å²) in [6.07, 6.45) is 0.458. The Hall–Kier alpha value is -1.97. The van der Waals surface area contributed by atoms with E-state index in [-0.39, 0.29) is 11.7 Å². The highest BCUT2D eigenvalue weighted by Crippen LogP contribution is 2.07. The number of carbonyl (C=O) groups excluding carboxylic acids is 1. The Morgan fingerprint density at radius 1 is 1.67 bits per heavy atom. The zero-order valence-electron chi connectivity index (χ0n) is 10.6. The molecule has 0 radical (unpaired) electrons. The highest BCUT2D eigenvalue weighted by Gasteiger charge is 2.11. The maximum absolute atomic E-state index is 11.3. The molecule has 0 aliphatic heterocycles. The van der Waals surface area contributed by atoms with E-state index in [0.29, 0.717) is 13.0 Å². The van der Waals surface area contributed by atoms with Crippen LogP contribution in [0.4, 0.5) is 0 Å². The summed E-state index contributed by atoms with van der Waals surface area (Å²) in [7, 11) is 1.92. The van der Waals surface area contributed by atoms with E-state index < -0.39 is 5.91 Å². The van der Waals surface area contributed by atoms with Crippen LogP contribution in [-0.2, 0) is 6.54 Å². The molecule has 96 valence electrons. The van der Waals surface area contributed by atoms with Gasteiger partial charge in [0.15, 0.2) is 0 Å².